The van der Waals surface area contributed by atoms with Crippen LogP contribution in [0.15, 0.2) is 0 Å². The first-order chi connectivity index (χ1) is 8.02. The van der Waals surface area contributed by atoms with Crippen LogP contribution in [0, 0.1) is 5.92 Å². The number of carbonyl (C=O) groups excluding carboxylic acids is 1. The molecule has 17 heavy (non-hydrogen) atoms. The third kappa shape index (κ3) is 4.60. The number of carbonyl (C=O) groups is 1. The molecule has 1 heterocycles. The minimum atomic E-state index is -0.376. The number of piperidine rings is 1. The number of hydrogen-bond acceptors (Lipinski definition) is 3. The molecule has 0 aromatic heterocycles. The fourth-order valence-corrected chi connectivity index (χ4v) is 2.13. The van der Waals surface area contributed by atoms with Gasteiger partial charge in [0.1, 0.15) is 0 Å². The average Bonchev–Trinajstić information content (AvgIpc) is 2.35. The van der Waals surface area contributed by atoms with Crippen molar-refractivity contribution in [2.45, 2.75) is 39.2 Å². The fraction of sp³-hybridized carbons (Fsp3) is 0.833. The van der Waals surface area contributed by atoms with E-state index in [0.717, 1.165) is 13.1 Å². The molecule has 0 aliphatic carbocycles. The van der Waals surface area contributed by atoms with E-state index < -0.39 is 0 Å². The van der Waals surface area contributed by atoms with Crippen molar-refractivity contribution in [1.29, 1.82) is 0 Å². The highest BCUT2D eigenvalue weighted by Gasteiger charge is 2.19. The Kier molecular flexibility index (Phi) is 5.85. The summed E-state index contributed by atoms with van der Waals surface area (Å²) < 4.78 is 0. The second-order valence-electron chi connectivity index (χ2n) is 4.81. The van der Waals surface area contributed by atoms with Crippen molar-refractivity contribution in [2.24, 2.45) is 11.7 Å². The van der Waals surface area contributed by atoms with Crippen LogP contribution in [0.25, 0.3) is 0 Å². The molecule has 98 valence electrons. The fourth-order valence-electron chi connectivity index (χ4n) is 2.02. The largest absolute Gasteiger partial charge is 0.393 e. The maximum absolute atomic E-state index is 11.7. The summed E-state index contributed by atoms with van der Waals surface area (Å²) in [5, 5.41) is 2.91. The lowest BCUT2D eigenvalue weighted by atomic mass is 10.1. The van der Waals surface area contributed by atoms with Crippen molar-refractivity contribution < 1.29 is 4.79 Å². The first-order valence-electron chi connectivity index (χ1n) is 6.33. The molecule has 0 bridgehead atoms. The summed E-state index contributed by atoms with van der Waals surface area (Å²) in [6, 6.07) is 0.387. The van der Waals surface area contributed by atoms with Crippen molar-refractivity contribution in [1.82, 2.24) is 10.2 Å². The van der Waals surface area contributed by atoms with Crippen LogP contribution in [-0.4, -0.2) is 41.5 Å². The Morgan fingerprint density at radius 2 is 1.94 bits per heavy atom. The zero-order chi connectivity index (χ0) is 12.8. The number of thiocarbonyl (C=S) groups is 1. The van der Waals surface area contributed by atoms with Gasteiger partial charge in [-0.15, -0.1) is 0 Å². The Hall–Kier alpha value is -0.680. The zero-order valence-electron chi connectivity index (χ0n) is 10.7. The van der Waals surface area contributed by atoms with E-state index in [1.807, 2.05) is 0 Å². The van der Waals surface area contributed by atoms with Gasteiger partial charge in [0.15, 0.2) is 0 Å². The Morgan fingerprint density at radius 1 is 1.35 bits per heavy atom. The molecule has 1 aliphatic rings. The van der Waals surface area contributed by atoms with Gasteiger partial charge in [-0.25, -0.2) is 0 Å². The van der Waals surface area contributed by atoms with E-state index in [9.17, 15) is 4.79 Å². The monoisotopic (exact) mass is 257 g/mol. The number of nitrogens with one attached hydrogen (secondary N) is 1. The van der Waals surface area contributed by atoms with E-state index in [0.29, 0.717) is 12.6 Å². The van der Waals surface area contributed by atoms with Gasteiger partial charge < -0.3 is 11.1 Å². The number of nitrogens with zero attached hydrogens (tertiary/aromatic N) is 1. The quantitative estimate of drug-likeness (QED) is 0.719. The van der Waals surface area contributed by atoms with Gasteiger partial charge in [0.2, 0.25) is 5.91 Å². The molecule has 0 saturated carbocycles. The minimum absolute atomic E-state index is 0.0682. The number of amides is 1. The molecule has 0 radical (unpaired) electrons. The van der Waals surface area contributed by atoms with Crippen molar-refractivity contribution >= 4 is 23.1 Å². The van der Waals surface area contributed by atoms with Crippen LogP contribution in [0.4, 0.5) is 0 Å². The molecule has 0 aromatic carbocycles. The highest BCUT2D eigenvalue weighted by molar-refractivity contribution is 7.80. The van der Waals surface area contributed by atoms with Crippen LogP contribution in [0.5, 0.6) is 0 Å². The third-order valence-corrected chi connectivity index (χ3v) is 3.76. The van der Waals surface area contributed by atoms with Gasteiger partial charge >= 0.3 is 0 Å². The Labute approximate surface area is 109 Å². The van der Waals surface area contributed by atoms with Crippen LogP contribution in [0.1, 0.15) is 33.1 Å². The predicted molar refractivity (Wildman–Crippen MR) is 73.8 cm³/mol. The topological polar surface area (TPSA) is 58.4 Å². The second-order valence-corrected chi connectivity index (χ2v) is 5.29. The number of nitrogens with two attached hydrogens (primary N) is 1. The minimum Gasteiger partial charge on any atom is -0.393 e. The van der Waals surface area contributed by atoms with Crippen LogP contribution in [0.2, 0.25) is 0 Å². The highest BCUT2D eigenvalue weighted by Crippen LogP contribution is 2.11. The van der Waals surface area contributed by atoms with Crippen molar-refractivity contribution in [3.8, 4) is 0 Å². The summed E-state index contributed by atoms with van der Waals surface area (Å²) in [4.78, 5) is 14.4. The molecule has 4 nitrogen and oxygen atoms in total. The molecule has 1 fully saturated rings. The molecule has 5 heteroatoms. The molecular formula is C12H23N3OS. The molecule has 0 spiro atoms. The summed E-state index contributed by atoms with van der Waals surface area (Å²) in [5.41, 5.74) is 5.45. The normalized spacial score (nSPS) is 20.6. The van der Waals surface area contributed by atoms with Gasteiger partial charge in [0, 0.05) is 12.6 Å². The Balaban J connectivity index is 2.29. The first kappa shape index (κ1) is 14.4. The van der Waals surface area contributed by atoms with Crippen LogP contribution in [0.3, 0.4) is 0 Å². The lowest BCUT2D eigenvalue weighted by Gasteiger charge is -2.32. The van der Waals surface area contributed by atoms with E-state index in [1.54, 1.807) is 6.92 Å². The van der Waals surface area contributed by atoms with Gasteiger partial charge in [-0.1, -0.05) is 18.6 Å². The van der Waals surface area contributed by atoms with E-state index in [4.69, 9.17) is 18.0 Å². The van der Waals surface area contributed by atoms with Crippen LogP contribution < -0.4 is 11.1 Å². The lowest BCUT2D eigenvalue weighted by Crippen LogP contribution is -2.46. The van der Waals surface area contributed by atoms with Crippen molar-refractivity contribution in [2.75, 3.05) is 19.6 Å². The summed E-state index contributed by atoms with van der Waals surface area (Å²) >= 11 is 4.81. The SMILES string of the molecule is CC(C(=O)NCC(C)N1CCCCC1)C(N)=S. The predicted octanol–water partition coefficient (Wildman–Crippen LogP) is 0.899. The van der Waals surface area contributed by atoms with E-state index >= 15 is 0 Å². The summed E-state index contributed by atoms with van der Waals surface area (Å²) in [5.74, 6) is -0.445. The number of rotatable bonds is 5. The van der Waals surface area contributed by atoms with Gasteiger partial charge in [-0.05, 0) is 39.8 Å². The molecule has 1 aliphatic heterocycles. The average molecular weight is 257 g/mol. The molecule has 3 N–H and O–H groups in total. The summed E-state index contributed by atoms with van der Waals surface area (Å²) in [7, 11) is 0. The molecule has 1 rings (SSSR count). The van der Waals surface area contributed by atoms with Crippen molar-refractivity contribution in [3.63, 3.8) is 0 Å². The van der Waals surface area contributed by atoms with Gasteiger partial charge in [0.05, 0.1) is 10.9 Å². The standard InChI is InChI=1S/C12H23N3OS/c1-9(15-6-4-3-5-7-15)8-14-12(16)10(2)11(13)17/h9-10H,3-8H2,1-2H3,(H2,13,17)(H,14,16). The smallest absolute Gasteiger partial charge is 0.229 e. The Morgan fingerprint density at radius 3 is 2.47 bits per heavy atom. The zero-order valence-corrected chi connectivity index (χ0v) is 11.6. The van der Waals surface area contributed by atoms with E-state index in [1.165, 1.54) is 19.3 Å². The molecule has 2 unspecified atom stereocenters. The molecule has 1 amide bonds. The molecule has 0 aromatic rings. The lowest BCUT2D eigenvalue weighted by molar-refractivity contribution is -0.122. The maximum atomic E-state index is 11.7. The summed E-state index contributed by atoms with van der Waals surface area (Å²) in [6.07, 6.45) is 3.86. The van der Waals surface area contributed by atoms with Gasteiger partial charge in [-0.2, -0.15) is 0 Å². The summed E-state index contributed by atoms with van der Waals surface area (Å²) in [6.45, 7) is 6.84. The van der Waals surface area contributed by atoms with E-state index in [2.05, 4.69) is 17.1 Å². The Bertz CT molecular complexity index is 277. The highest BCUT2D eigenvalue weighted by atomic mass is 32.1. The molecule has 2 atom stereocenters. The number of likely N-dealkylation sites (tertiary alicyclic amines) is 1. The van der Waals surface area contributed by atoms with Crippen LogP contribution in [-0.2, 0) is 4.79 Å². The second kappa shape index (κ2) is 6.91. The van der Waals surface area contributed by atoms with Gasteiger partial charge in [-0.3, -0.25) is 9.69 Å². The van der Waals surface area contributed by atoms with E-state index in [-0.39, 0.29) is 16.8 Å². The van der Waals surface area contributed by atoms with Crippen molar-refractivity contribution in [3.05, 3.63) is 0 Å². The maximum Gasteiger partial charge on any atom is 0.229 e. The van der Waals surface area contributed by atoms with Crippen LogP contribution >= 0.6 is 12.2 Å². The molecular weight excluding hydrogens is 234 g/mol. The third-order valence-electron chi connectivity index (χ3n) is 3.41. The molecule has 1 saturated heterocycles. The van der Waals surface area contributed by atoms with Gasteiger partial charge in [0.25, 0.3) is 0 Å². The first-order valence-corrected chi connectivity index (χ1v) is 6.74. The number of hydrogen-bond donors (Lipinski definition) is 2.